The van der Waals surface area contributed by atoms with Gasteiger partial charge >= 0.3 is 0 Å². The Hall–Kier alpha value is -0.360. The van der Waals surface area contributed by atoms with E-state index in [1.807, 2.05) is 31.2 Å². The summed E-state index contributed by atoms with van der Waals surface area (Å²) >= 11 is 10.6. The van der Waals surface area contributed by atoms with Crippen LogP contribution in [0.3, 0.4) is 0 Å². The van der Waals surface area contributed by atoms with E-state index in [-0.39, 0.29) is 6.04 Å². The smallest absolute Gasteiger partial charge is 0.148 e. The molecule has 0 aliphatic carbocycles. The maximum atomic E-state index is 5.92. The van der Waals surface area contributed by atoms with Crippen LogP contribution < -0.4 is 10.5 Å². The first-order valence-electron chi connectivity index (χ1n) is 6.56. The van der Waals surface area contributed by atoms with Gasteiger partial charge in [-0.1, -0.05) is 28.1 Å². The summed E-state index contributed by atoms with van der Waals surface area (Å²) in [6.07, 6.45) is 0.836. The highest BCUT2D eigenvalue weighted by Crippen LogP contribution is 2.35. The Balaban J connectivity index is 2.13. The molecule has 0 heterocycles. The van der Waals surface area contributed by atoms with Gasteiger partial charge in [-0.25, -0.2) is 0 Å². The maximum absolute atomic E-state index is 5.92. The van der Waals surface area contributed by atoms with Crippen LogP contribution in [-0.2, 0) is 13.0 Å². The molecular weight excluding hydrogens is 462 g/mol. The van der Waals surface area contributed by atoms with E-state index in [0.717, 1.165) is 31.2 Å². The molecule has 0 aliphatic rings. The Kier molecular flexibility index (Phi) is 6.29. The van der Waals surface area contributed by atoms with Crippen molar-refractivity contribution in [2.75, 3.05) is 0 Å². The van der Waals surface area contributed by atoms with Crippen LogP contribution >= 0.6 is 47.8 Å². The quantitative estimate of drug-likeness (QED) is 0.622. The fourth-order valence-corrected chi connectivity index (χ4v) is 3.98. The maximum Gasteiger partial charge on any atom is 0.148 e. The second-order valence-electron chi connectivity index (χ2n) is 4.99. The van der Waals surface area contributed by atoms with Gasteiger partial charge < -0.3 is 10.5 Å². The molecule has 2 nitrogen and oxygen atoms in total. The molecule has 2 rings (SSSR count). The second-order valence-corrected chi connectivity index (χ2v) is 7.61. The van der Waals surface area contributed by atoms with Crippen LogP contribution in [-0.4, -0.2) is 6.04 Å². The topological polar surface area (TPSA) is 35.2 Å². The van der Waals surface area contributed by atoms with Gasteiger partial charge in [-0.2, -0.15) is 0 Å². The summed E-state index contributed by atoms with van der Waals surface area (Å²) in [6.45, 7) is 2.52. The standard InChI is InChI=1S/C16H16Br3NO/c1-10(20)5-12-7-14(18)16(15(19)8-12)21-9-11-3-2-4-13(17)6-11/h2-4,6-8,10H,5,9,20H2,1H3. The first kappa shape index (κ1) is 17.0. The number of hydrogen-bond donors (Lipinski definition) is 1. The van der Waals surface area contributed by atoms with Crippen molar-refractivity contribution in [2.24, 2.45) is 5.73 Å². The average Bonchev–Trinajstić information content (AvgIpc) is 2.37. The highest BCUT2D eigenvalue weighted by Gasteiger charge is 2.10. The highest BCUT2D eigenvalue weighted by atomic mass is 79.9. The fraction of sp³-hybridized carbons (Fsp3) is 0.250. The lowest BCUT2D eigenvalue weighted by Gasteiger charge is -2.13. The SMILES string of the molecule is CC(N)Cc1cc(Br)c(OCc2cccc(Br)c2)c(Br)c1. The van der Waals surface area contributed by atoms with Crippen molar-refractivity contribution in [2.45, 2.75) is 26.0 Å². The third-order valence-electron chi connectivity index (χ3n) is 2.89. The Morgan fingerprint density at radius 3 is 2.29 bits per heavy atom. The molecule has 0 aromatic heterocycles. The summed E-state index contributed by atoms with van der Waals surface area (Å²) in [7, 11) is 0. The average molecular weight is 478 g/mol. The molecule has 1 atom stereocenters. The van der Waals surface area contributed by atoms with Crippen LogP contribution in [0.5, 0.6) is 5.75 Å². The predicted octanol–water partition coefficient (Wildman–Crippen LogP) is 5.44. The van der Waals surface area contributed by atoms with Crippen LogP contribution in [0.1, 0.15) is 18.1 Å². The largest absolute Gasteiger partial charge is 0.487 e. The molecule has 112 valence electrons. The van der Waals surface area contributed by atoms with E-state index in [9.17, 15) is 0 Å². The van der Waals surface area contributed by atoms with Crippen molar-refractivity contribution in [3.05, 3.63) is 60.9 Å². The summed E-state index contributed by atoms with van der Waals surface area (Å²) in [5, 5.41) is 0. The Morgan fingerprint density at radius 2 is 1.71 bits per heavy atom. The molecule has 0 saturated heterocycles. The van der Waals surface area contributed by atoms with Gasteiger partial charge in [0.25, 0.3) is 0 Å². The third kappa shape index (κ3) is 5.09. The lowest BCUT2D eigenvalue weighted by atomic mass is 10.1. The minimum Gasteiger partial charge on any atom is -0.487 e. The third-order valence-corrected chi connectivity index (χ3v) is 4.56. The fourth-order valence-electron chi connectivity index (χ4n) is 2.02. The summed E-state index contributed by atoms with van der Waals surface area (Å²) in [5.41, 5.74) is 8.14. The zero-order valence-electron chi connectivity index (χ0n) is 11.6. The van der Waals surface area contributed by atoms with Gasteiger partial charge in [0.15, 0.2) is 0 Å². The van der Waals surface area contributed by atoms with Crippen molar-refractivity contribution in [3.63, 3.8) is 0 Å². The van der Waals surface area contributed by atoms with E-state index >= 15 is 0 Å². The first-order chi connectivity index (χ1) is 9.95. The summed E-state index contributed by atoms with van der Waals surface area (Å²) in [4.78, 5) is 0. The molecule has 0 bridgehead atoms. The molecule has 2 N–H and O–H groups in total. The molecule has 0 fully saturated rings. The van der Waals surface area contributed by atoms with Crippen LogP contribution in [0.4, 0.5) is 0 Å². The van der Waals surface area contributed by atoms with Gasteiger partial charge in [-0.05, 0) is 80.6 Å². The molecule has 5 heteroatoms. The van der Waals surface area contributed by atoms with Gasteiger partial charge in [0, 0.05) is 10.5 Å². The molecule has 0 radical (unpaired) electrons. The zero-order chi connectivity index (χ0) is 15.4. The van der Waals surface area contributed by atoms with E-state index in [1.165, 1.54) is 5.56 Å². The van der Waals surface area contributed by atoms with Crippen LogP contribution in [0.2, 0.25) is 0 Å². The molecule has 0 amide bonds. The zero-order valence-corrected chi connectivity index (χ0v) is 16.3. The molecular formula is C16H16Br3NO. The van der Waals surface area contributed by atoms with E-state index in [4.69, 9.17) is 10.5 Å². The minimum atomic E-state index is 0.136. The lowest BCUT2D eigenvalue weighted by molar-refractivity contribution is 0.302. The van der Waals surface area contributed by atoms with Gasteiger partial charge in [0.2, 0.25) is 0 Å². The number of benzene rings is 2. The number of nitrogens with two attached hydrogens (primary N) is 1. The summed E-state index contributed by atoms with van der Waals surface area (Å²) in [5.74, 6) is 0.809. The predicted molar refractivity (Wildman–Crippen MR) is 97.7 cm³/mol. The molecule has 0 saturated carbocycles. The normalized spacial score (nSPS) is 12.2. The van der Waals surface area contributed by atoms with E-state index in [0.29, 0.717) is 6.61 Å². The monoisotopic (exact) mass is 475 g/mol. The van der Waals surface area contributed by atoms with E-state index in [1.54, 1.807) is 0 Å². The molecule has 1 unspecified atom stereocenters. The van der Waals surface area contributed by atoms with Crippen molar-refractivity contribution in [1.82, 2.24) is 0 Å². The number of hydrogen-bond acceptors (Lipinski definition) is 2. The second kappa shape index (κ2) is 7.77. The molecule has 2 aromatic rings. The van der Waals surface area contributed by atoms with Gasteiger partial charge in [-0.3, -0.25) is 0 Å². The number of halogens is 3. The van der Waals surface area contributed by atoms with E-state index in [2.05, 4.69) is 59.9 Å². The van der Waals surface area contributed by atoms with Gasteiger partial charge in [-0.15, -0.1) is 0 Å². The Labute approximate surface area is 150 Å². The Bertz CT molecular complexity index is 606. The van der Waals surface area contributed by atoms with Gasteiger partial charge in [0.05, 0.1) is 8.95 Å². The van der Waals surface area contributed by atoms with Crippen molar-refractivity contribution >= 4 is 47.8 Å². The van der Waals surface area contributed by atoms with Gasteiger partial charge in [0.1, 0.15) is 12.4 Å². The lowest BCUT2D eigenvalue weighted by Crippen LogP contribution is -2.17. The number of ether oxygens (including phenoxy) is 1. The van der Waals surface area contributed by atoms with E-state index < -0.39 is 0 Å². The number of rotatable bonds is 5. The Morgan fingerprint density at radius 1 is 1.05 bits per heavy atom. The van der Waals surface area contributed by atoms with Crippen molar-refractivity contribution in [1.29, 1.82) is 0 Å². The highest BCUT2D eigenvalue weighted by molar-refractivity contribution is 9.11. The molecule has 0 aliphatic heterocycles. The summed E-state index contributed by atoms with van der Waals surface area (Å²) < 4.78 is 8.84. The molecule has 21 heavy (non-hydrogen) atoms. The van der Waals surface area contributed by atoms with Crippen LogP contribution in [0.15, 0.2) is 49.8 Å². The van der Waals surface area contributed by atoms with Crippen molar-refractivity contribution in [3.8, 4) is 5.75 Å². The van der Waals surface area contributed by atoms with Crippen LogP contribution in [0, 0.1) is 0 Å². The van der Waals surface area contributed by atoms with Crippen molar-refractivity contribution < 1.29 is 4.74 Å². The molecule has 2 aromatic carbocycles. The minimum absolute atomic E-state index is 0.136. The first-order valence-corrected chi connectivity index (χ1v) is 8.94. The molecule has 0 spiro atoms. The van der Waals surface area contributed by atoms with Crippen LogP contribution in [0.25, 0.3) is 0 Å². The summed E-state index contributed by atoms with van der Waals surface area (Å²) in [6, 6.07) is 12.3.